The van der Waals surface area contributed by atoms with E-state index < -0.39 is 18.6 Å². The van der Waals surface area contributed by atoms with Crippen molar-refractivity contribution in [2.24, 2.45) is 0 Å². The van der Waals surface area contributed by atoms with Gasteiger partial charge in [0.05, 0.1) is 18.1 Å². The van der Waals surface area contributed by atoms with Crippen LogP contribution in [0.25, 0.3) is 22.3 Å². The largest absolute Gasteiger partial charge is 0.390 e. The van der Waals surface area contributed by atoms with Gasteiger partial charge >= 0.3 is 6.18 Å². The molecule has 0 amide bonds. The third kappa shape index (κ3) is 5.34. The minimum Gasteiger partial charge on any atom is -0.353 e. The summed E-state index contributed by atoms with van der Waals surface area (Å²) in [5.41, 5.74) is 3.44. The molecule has 1 atom stereocenters. The molecule has 0 radical (unpaired) electrons. The number of anilines is 3. The van der Waals surface area contributed by atoms with Crippen molar-refractivity contribution in [1.82, 2.24) is 25.3 Å². The Kier molecular flexibility index (Phi) is 6.11. The number of nitrogens with zero attached hydrogens (tertiary/aromatic N) is 5. The zero-order chi connectivity index (χ0) is 25.4. The third-order valence-corrected chi connectivity index (χ3v) is 6.73. The first-order valence-electron chi connectivity index (χ1n) is 12.4. The van der Waals surface area contributed by atoms with E-state index in [0.29, 0.717) is 42.0 Å². The van der Waals surface area contributed by atoms with Crippen LogP contribution in [0.4, 0.5) is 30.5 Å². The second-order valence-electron chi connectivity index (χ2n) is 9.61. The van der Waals surface area contributed by atoms with Crippen LogP contribution in [-0.4, -0.2) is 51.8 Å². The molecule has 190 valence electrons. The Labute approximate surface area is 212 Å². The van der Waals surface area contributed by atoms with Crippen LogP contribution in [0.5, 0.6) is 0 Å². The Morgan fingerprint density at radius 2 is 1.89 bits per heavy atom. The number of nitrogens with one attached hydrogen (secondary N) is 2. The number of hydrogen-bond acceptors (Lipinski definition) is 7. The fourth-order valence-corrected chi connectivity index (χ4v) is 4.89. The Morgan fingerprint density at radius 3 is 2.68 bits per heavy atom. The number of hydrogen-bond donors (Lipinski definition) is 2. The van der Waals surface area contributed by atoms with Gasteiger partial charge in [-0.1, -0.05) is 18.2 Å². The number of alkyl halides is 3. The van der Waals surface area contributed by atoms with E-state index in [1.807, 2.05) is 53.6 Å². The lowest BCUT2D eigenvalue weighted by Crippen LogP contribution is -2.52. The zero-order valence-corrected chi connectivity index (χ0v) is 20.0. The molecule has 1 unspecified atom stereocenters. The molecule has 3 aromatic heterocycles. The minimum atomic E-state index is -4.23. The summed E-state index contributed by atoms with van der Waals surface area (Å²) in [5.74, 6) is 2.20. The van der Waals surface area contributed by atoms with Crippen molar-refractivity contribution < 1.29 is 13.2 Å². The molecule has 2 N–H and O–H groups in total. The predicted molar refractivity (Wildman–Crippen MR) is 137 cm³/mol. The summed E-state index contributed by atoms with van der Waals surface area (Å²) >= 11 is 0. The monoisotopic (exact) mass is 505 g/mol. The average Bonchev–Trinajstić information content (AvgIpc) is 3.73. The number of para-hydroxylation sites is 1. The molecule has 6 rings (SSSR count). The smallest absolute Gasteiger partial charge is 0.353 e. The second kappa shape index (κ2) is 9.59. The Hall–Kier alpha value is -3.79. The van der Waals surface area contributed by atoms with Gasteiger partial charge < -0.3 is 15.5 Å². The van der Waals surface area contributed by atoms with Crippen LogP contribution in [0.3, 0.4) is 0 Å². The summed E-state index contributed by atoms with van der Waals surface area (Å²) < 4.78 is 39.5. The van der Waals surface area contributed by atoms with Crippen molar-refractivity contribution in [2.45, 2.75) is 37.4 Å². The number of aromatic nitrogens is 4. The summed E-state index contributed by atoms with van der Waals surface area (Å²) in [6.45, 7) is 1.23. The van der Waals surface area contributed by atoms with Gasteiger partial charge in [0.25, 0.3) is 0 Å². The van der Waals surface area contributed by atoms with Crippen molar-refractivity contribution in [3.8, 4) is 11.4 Å². The fraction of sp³-hybridized carbons (Fsp3) is 0.333. The average molecular weight is 506 g/mol. The first-order valence-corrected chi connectivity index (χ1v) is 12.4. The van der Waals surface area contributed by atoms with E-state index in [4.69, 9.17) is 9.97 Å². The minimum absolute atomic E-state index is 0.217. The van der Waals surface area contributed by atoms with Crippen LogP contribution in [0, 0.1) is 0 Å². The molecule has 4 heterocycles. The third-order valence-electron chi connectivity index (χ3n) is 6.73. The van der Waals surface area contributed by atoms with Gasteiger partial charge in [0.15, 0.2) is 5.82 Å². The summed E-state index contributed by atoms with van der Waals surface area (Å²) in [4.78, 5) is 20.6. The first kappa shape index (κ1) is 23.6. The van der Waals surface area contributed by atoms with E-state index in [-0.39, 0.29) is 6.54 Å². The van der Waals surface area contributed by atoms with Crippen LogP contribution in [0.15, 0.2) is 61.1 Å². The van der Waals surface area contributed by atoms with Crippen molar-refractivity contribution in [1.29, 1.82) is 0 Å². The van der Waals surface area contributed by atoms with Gasteiger partial charge in [-0.3, -0.25) is 4.98 Å². The number of halogens is 3. The van der Waals surface area contributed by atoms with E-state index >= 15 is 0 Å². The molecular formula is C27H26F3N7. The molecule has 37 heavy (non-hydrogen) atoms. The van der Waals surface area contributed by atoms with Gasteiger partial charge in [-0.05, 0) is 48.6 Å². The SMILES string of the molecule is FC(F)(F)CC1CN(c2nc(-c3ccnc(Nc4ccccc4)c3)nc3cncc(C4CC4)c23)CCN1. The Bertz CT molecular complexity index is 1410. The van der Waals surface area contributed by atoms with Gasteiger partial charge in [0, 0.05) is 54.7 Å². The molecule has 1 saturated carbocycles. The number of rotatable bonds is 6. The first-order chi connectivity index (χ1) is 17.9. The summed E-state index contributed by atoms with van der Waals surface area (Å²) in [7, 11) is 0. The fourth-order valence-electron chi connectivity index (χ4n) is 4.89. The molecule has 4 aromatic rings. The lowest BCUT2D eigenvalue weighted by molar-refractivity contribution is -0.139. The molecule has 1 saturated heterocycles. The molecule has 1 aliphatic heterocycles. The molecule has 1 aromatic carbocycles. The highest BCUT2D eigenvalue weighted by molar-refractivity contribution is 5.94. The van der Waals surface area contributed by atoms with Crippen LogP contribution in [0.1, 0.15) is 30.7 Å². The topological polar surface area (TPSA) is 78.9 Å². The van der Waals surface area contributed by atoms with Gasteiger partial charge in [-0.25, -0.2) is 15.0 Å². The predicted octanol–water partition coefficient (Wildman–Crippen LogP) is 5.44. The van der Waals surface area contributed by atoms with Crippen LogP contribution in [-0.2, 0) is 0 Å². The zero-order valence-electron chi connectivity index (χ0n) is 20.0. The van der Waals surface area contributed by atoms with Gasteiger partial charge in [-0.15, -0.1) is 0 Å². The summed E-state index contributed by atoms with van der Waals surface area (Å²) in [6, 6.07) is 12.7. The van der Waals surface area contributed by atoms with E-state index in [0.717, 1.165) is 35.0 Å². The maximum atomic E-state index is 13.2. The molecule has 10 heteroatoms. The standard InChI is InChI=1S/C27H26F3N7/c28-27(29,30)13-20-16-37(11-10-32-20)26-24-21(17-6-7-17)14-31-15-22(24)35-25(36-26)18-8-9-33-23(12-18)34-19-4-2-1-3-5-19/h1-5,8-9,12,14-15,17,20,32H,6-7,10-11,13,16H2,(H,33,34). The maximum absolute atomic E-state index is 13.2. The number of piperazine rings is 1. The van der Waals surface area contributed by atoms with Gasteiger partial charge in [0.2, 0.25) is 0 Å². The summed E-state index contributed by atoms with van der Waals surface area (Å²) in [6.07, 6.45) is 2.29. The second-order valence-corrected chi connectivity index (χ2v) is 9.61. The van der Waals surface area contributed by atoms with Crippen molar-refractivity contribution in [3.63, 3.8) is 0 Å². The number of fused-ring (bicyclic) bond motifs is 1. The quantitative estimate of drug-likeness (QED) is 0.361. The Morgan fingerprint density at radius 1 is 1.05 bits per heavy atom. The highest BCUT2D eigenvalue weighted by atomic mass is 19.4. The van der Waals surface area contributed by atoms with Crippen molar-refractivity contribution in [3.05, 3.63) is 66.6 Å². The molecule has 7 nitrogen and oxygen atoms in total. The van der Waals surface area contributed by atoms with E-state index in [9.17, 15) is 13.2 Å². The highest BCUT2D eigenvalue weighted by Crippen LogP contribution is 2.45. The molecule has 2 fully saturated rings. The van der Waals surface area contributed by atoms with Crippen LogP contribution in [0.2, 0.25) is 0 Å². The lowest BCUT2D eigenvalue weighted by Gasteiger charge is -2.35. The van der Waals surface area contributed by atoms with Crippen LogP contribution >= 0.6 is 0 Å². The normalized spacial score (nSPS) is 18.2. The molecule has 1 aliphatic carbocycles. The van der Waals surface area contributed by atoms with E-state index in [2.05, 4.69) is 20.6 Å². The van der Waals surface area contributed by atoms with Crippen molar-refractivity contribution >= 4 is 28.2 Å². The van der Waals surface area contributed by atoms with E-state index in [1.165, 1.54) is 0 Å². The molecule has 0 spiro atoms. The van der Waals surface area contributed by atoms with Gasteiger partial charge in [0.1, 0.15) is 11.6 Å². The number of benzene rings is 1. The molecule has 2 aliphatic rings. The van der Waals surface area contributed by atoms with Crippen molar-refractivity contribution in [2.75, 3.05) is 29.9 Å². The number of pyridine rings is 2. The lowest BCUT2D eigenvalue weighted by atomic mass is 10.1. The molecular weight excluding hydrogens is 479 g/mol. The summed E-state index contributed by atoms with van der Waals surface area (Å²) in [5, 5.41) is 7.20. The molecule has 0 bridgehead atoms. The maximum Gasteiger partial charge on any atom is 0.390 e. The Balaban J connectivity index is 1.41. The van der Waals surface area contributed by atoms with Gasteiger partial charge in [-0.2, -0.15) is 13.2 Å². The van der Waals surface area contributed by atoms with Crippen LogP contribution < -0.4 is 15.5 Å². The van der Waals surface area contributed by atoms with E-state index in [1.54, 1.807) is 12.4 Å². The highest BCUT2D eigenvalue weighted by Gasteiger charge is 2.35.